The molecule has 2 aromatic carbocycles. The molecule has 0 N–H and O–H groups in total. The number of rotatable bonds is 6. The SMILES string of the molecule is CN(Cc1ccc(C#N)cc1)C(=O)CCc1ccc(-c2ccccc2F)o1. The molecule has 1 amide bonds. The molecule has 0 atom stereocenters. The summed E-state index contributed by atoms with van der Waals surface area (Å²) in [6.45, 7) is 0.475. The molecule has 0 spiro atoms. The molecule has 0 aliphatic heterocycles. The van der Waals surface area contributed by atoms with Crippen molar-refractivity contribution in [3.8, 4) is 17.4 Å². The molecule has 0 radical (unpaired) electrons. The van der Waals surface area contributed by atoms with Gasteiger partial charge in [0.05, 0.1) is 17.2 Å². The first-order chi connectivity index (χ1) is 13.1. The van der Waals surface area contributed by atoms with Crippen molar-refractivity contribution >= 4 is 5.91 Å². The quantitative estimate of drug-likeness (QED) is 0.646. The molecule has 0 aliphatic rings. The normalized spacial score (nSPS) is 10.4. The summed E-state index contributed by atoms with van der Waals surface area (Å²) >= 11 is 0. The van der Waals surface area contributed by atoms with Crippen molar-refractivity contribution in [2.24, 2.45) is 0 Å². The van der Waals surface area contributed by atoms with Gasteiger partial charge in [-0.15, -0.1) is 0 Å². The Morgan fingerprint density at radius 3 is 2.56 bits per heavy atom. The first kappa shape index (κ1) is 18.4. The van der Waals surface area contributed by atoms with Gasteiger partial charge >= 0.3 is 0 Å². The molecule has 0 fully saturated rings. The van der Waals surface area contributed by atoms with Gasteiger partial charge in [0.15, 0.2) is 0 Å². The second kappa shape index (κ2) is 8.33. The Balaban J connectivity index is 1.56. The van der Waals surface area contributed by atoms with Gasteiger partial charge in [0.1, 0.15) is 17.3 Å². The van der Waals surface area contributed by atoms with E-state index in [1.807, 2.05) is 12.1 Å². The number of carbonyl (C=O) groups excluding carboxylic acids is 1. The van der Waals surface area contributed by atoms with E-state index >= 15 is 0 Å². The summed E-state index contributed by atoms with van der Waals surface area (Å²) in [5.74, 6) is 0.759. The number of halogens is 1. The lowest BCUT2D eigenvalue weighted by molar-refractivity contribution is -0.130. The van der Waals surface area contributed by atoms with Crippen LogP contribution in [0.3, 0.4) is 0 Å². The van der Waals surface area contributed by atoms with Crippen molar-refractivity contribution in [3.63, 3.8) is 0 Å². The Bertz CT molecular complexity index is 970. The summed E-state index contributed by atoms with van der Waals surface area (Å²) in [6, 6.07) is 19.2. The molecule has 3 rings (SSSR count). The highest BCUT2D eigenvalue weighted by Crippen LogP contribution is 2.25. The Kier molecular flexibility index (Phi) is 5.68. The number of hydrogen-bond donors (Lipinski definition) is 0. The Morgan fingerprint density at radius 1 is 1.11 bits per heavy atom. The maximum absolute atomic E-state index is 13.8. The van der Waals surface area contributed by atoms with Crippen LogP contribution in [0.25, 0.3) is 11.3 Å². The van der Waals surface area contributed by atoms with Crippen LogP contribution in [0.5, 0.6) is 0 Å². The molecule has 5 heteroatoms. The molecule has 0 bridgehead atoms. The van der Waals surface area contributed by atoms with E-state index in [0.29, 0.717) is 42.0 Å². The molecule has 0 unspecified atom stereocenters. The van der Waals surface area contributed by atoms with Crippen molar-refractivity contribution in [2.45, 2.75) is 19.4 Å². The highest BCUT2D eigenvalue weighted by atomic mass is 19.1. The third-order valence-electron chi connectivity index (χ3n) is 4.31. The number of aryl methyl sites for hydroxylation is 1. The number of benzene rings is 2. The van der Waals surface area contributed by atoms with Gasteiger partial charge in [0.2, 0.25) is 5.91 Å². The zero-order valence-electron chi connectivity index (χ0n) is 15.0. The van der Waals surface area contributed by atoms with Gasteiger partial charge in [-0.2, -0.15) is 5.26 Å². The van der Waals surface area contributed by atoms with Gasteiger partial charge in [-0.25, -0.2) is 4.39 Å². The van der Waals surface area contributed by atoms with E-state index in [4.69, 9.17) is 9.68 Å². The lowest BCUT2D eigenvalue weighted by Gasteiger charge is -2.17. The molecule has 1 heterocycles. The number of amides is 1. The van der Waals surface area contributed by atoms with Crippen LogP contribution >= 0.6 is 0 Å². The first-order valence-electron chi connectivity index (χ1n) is 8.63. The highest BCUT2D eigenvalue weighted by Gasteiger charge is 2.13. The molecule has 136 valence electrons. The number of nitriles is 1. The Morgan fingerprint density at radius 2 is 1.85 bits per heavy atom. The van der Waals surface area contributed by atoms with Gasteiger partial charge in [0.25, 0.3) is 0 Å². The predicted molar refractivity (Wildman–Crippen MR) is 100 cm³/mol. The van der Waals surface area contributed by atoms with Crippen molar-refractivity contribution in [1.82, 2.24) is 4.90 Å². The molecule has 27 heavy (non-hydrogen) atoms. The molecule has 3 aromatic rings. The minimum absolute atomic E-state index is 0.0109. The van der Waals surface area contributed by atoms with E-state index < -0.39 is 0 Å². The van der Waals surface area contributed by atoms with Gasteiger partial charge in [-0.1, -0.05) is 24.3 Å². The van der Waals surface area contributed by atoms with Crippen LogP contribution in [-0.4, -0.2) is 17.9 Å². The summed E-state index contributed by atoms with van der Waals surface area (Å²) in [4.78, 5) is 14.0. The molecule has 0 saturated carbocycles. The van der Waals surface area contributed by atoms with Crippen LogP contribution in [0.2, 0.25) is 0 Å². The van der Waals surface area contributed by atoms with E-state index in [1.54, 1.807) is 54.4 Å². The third kappa shape index (κ3) is 4.62. The molecule has 4 nitrogen and oxygen atoms in total. The molecular formula is C22H19FN2O2. The van der Waals surface area contributed by atoms with Crippen LogP contribution in [0.15, 0.2) is 65.1 Å². The fourth-order valence-electron chi connectivity index (χ4n) is 2.79. The van der Waals surface area contributed by atoms with Gasteiger partial charge in [-0.05, 0) is 42.0 Å². The maximum Gasteiger partial charge on any atom is 0.223 e. The number of nitrogens with zero attached hydrogens (tertiary/aromatic N) is 2. The summed E-state index contributed by atoms with van der Waals surface area (Å²) in [5.41, 5.74) is 1.97. The van der Waals surface area contributed by atoms with E-state index in [2.05, 4.69) is 6.07 Å². The molecule has 0 saturated heterocycles. The minimum atomic E-state index is -0.336. The van der Waals surface area contributed by atoms with Gasteiger partial charge in [0, 0.05) is 26.4 Å². The minimum Gasteiger partial charge on any atom is -0.461 e. The van der Waals surface area contributed by atoms with Crippen molar-refractivity contribution < 1.29 is 13.6 Å². The zero-order chi connectivity index (χ0) is 19.2. The van der Waals surface area contributed by atoms with Crippen LogP contribution in [0.4, 0.5) is 4.39 Å². The average Bonchev–Trinajstić information content (AvgIpc) is 3.15. The fourth-order valence-corrected chi connectivity index (χ4v) is 2.79. The predicted octanol–water partition coefficient (Wildman–Crippen LogP) is 4.55. The third-order valence-corrected chi connectivity index (χ3v) is 4.31. The summed E-state index contributed by atoms with van der Waals surface area (Å²) in [5, 5.41) is 8.82. The summed E-state index contributed by atoms with van der Waals surface area (Å²) in [7, 11) is 1.74. The van der Waals surface area contributed by atoms with Crippen LogP contribution in [0.1, 0.15) is 23.3 Å². The van der Waals surface area contributed by atoms with Crippen molar-refractivity contribution in [1.29, 1.82) is 5.26 Å². The van der Waals surface area contributed by atoms with E-state index in [0.717, 1.165) is 5.56 Å². The lowest BCUT2D eigenvalue weighted by atomic mass is 10.1. The van der Waals surface area contributed by atoms with Crippen molar-refractivity contribution in [2.75, 3.05) is 7.05 Å². The highest BCUT2D eigenvalue weighted by molar-refractivity contribution is 5.76. The summed E-state index contributed by atoms with van der Waals surface area (Å²) < 4.78 is 19.5. The van der Waals surface area contributed by atoms with Crippen LogP contribution in [0, 0.1) is 17.1 Å². The maximum atomic E-state index is 13.8. The van der Waals surface area contributed by atoms with Gasteiger partial charge < -0.3 is 9.32 Å². The first-order valence-corrected chi connectivity index (χ1v) is 8.63. The largest absolute Gasteiger partial charge is 0.461 e. The van der Waals surface area contributed by atoms with Crippen molar-refractivity contribution in [3.05, 3.63) is 83.4 Å². The van der Waals surface area contributed by atoms with E-state index in [9.17, 15) is 9.18 Å². The average molecular weight is 362 g/mol. The monoisotopic (exact) mass is 362 g/mol. The second-order valence-corrected chi connectivity index (χ2v) is 6.30. The van der Waals surface area contributed by atoms with Gasteiger partial charge in [-0.3, -0.25) is 4.79 Å². The lowest BCUT2D eigenvalue weighted by Crippen LogP contribution is -2.26. The standard InChI is InChI=1S/C22H19FN2O2/c1-25(15-17-8-6-16(14-24)7-9-17)22(26)13-11-18-10-12-21(27-18)19-4-2-3-5-20(19)23/h2-10,12H,11,13,15H2,1H3. The Hall–Kier alpha value is -3.39. The number of furan rings is 1. The van der Waals surface area contributed by atoms with Crippen LogP contribution in [-0.2, 0) is 17.8 Å². The summed E-state index contributed by atoms with van der Waals surface area (Å²) in [6.07, 6.45) is 0.752. The topological polar surface area (TPSA) is 57.2 Å². The zero-order valence-corrected chi connectivity index (χ0v) is 15.0. The van der Waals surface area contributed by atoms with Crippen LogP contribution < -0.4 is 0 Å². The molecule has 1 aromatic heterocycles. The molecule has 0 aliphatic carbocycles. The fraction of sp³-hybridized carbons (Fsp3) is 0.182. The second-order valence-electron chi connectivity index (χ2n) is 6.30. The molecular weight excluding hydrogens is 343 g/mol. The van der Waals surface area contributed by atoms with E-state index in [-0.39, 0.29) is 11.7 Å². The van der Waals surface area contributed by atoms with E-state index in [1.165, 1.54) is 6.07 Å². The number of hydrogen-bond acceptors (Lipinski definition) is 3. The number of carbonyl (C=O) groups is 1. The smallest absolute Gasteiger partial charge is 0.223 e. The Labute approximate surface area is 157 Å².